The van der Waals surface area contributed by atoms with E-state index < -0.39 is 17.8 Å². The van der Waals surface area contributed by atoms with E-state index >= 15 is 0 Å². The Bertz CT molecular complexity index is 1230. The average molecular weight is 442 g/mol. The molecule has 0 heterocycles. The first-order valence-electron chi connectivity index (χ1n) is 9.60. The number of anilines is 1. The zero-order valence-electron chi connectivity index (χ0n) is 17.4. The summed E-state index contributed by atoms with van der Waals surface area (Å²) in [5.74, 6) is -1.71. The molecule has 164 valence electrons. The number of amides is 2. The molecular weight excluding hydrogens is 424 g/mol. The molecule has 33 heavy (non-hydrogen) atoms. The van der Waals surface area contributed by atoms with Crippen LogP contribution in [0, 0.1) is 11.3 Å². The Hall–Kier alpha value is -4.97. The topological polar surface area (TPSA) is 130 Å². The summed E-state index contributed by atoms with van der Waals surface area (Å²) in [5.41, 5.74) is 3.82. The van der Waals surface area contributed by atoms with E-state index in [2.05, 4.69) is 15.8 Å². The molecule has 0 spiro atoms. The van der Waals surface area contributed by atoms with E-state index in [4.69, 9.17) is 14.7 Å². The third kappa shape index (κ3) is 6.26. The van der Waals surface area contributed by atoms with Crippen LogP contribution < -0.4 is 20.2 Å². The molecule has 0 unspecified atom stereocenters. The lowest BCUT2D eigenvalue weighted by Gasteiger charge is -2.08. The number of hydrazone groups is 1. The minimum Gasteiger partial charge on any atom is -0.496 e. The van der Waals surface area contributed by atoms with Crippen molar-refractivity contribution in [2.45, 2.75) is 0 Å². The lowest BCUT2D eigenvalue weighted by atomic mass is 10.2. The maximum atomic E-state index is 12.3. The number of ether oxygens (including phenoxy) is 2. The van der Waals surface area contributed by atoms with Crippen LogP contribution in [-0.2, 0) is 9.59 Å². The van der Waals surface area contributed by atoms with Crippen LogP contribution in [0.2, 0.25) is 0 Å². The van der Waals surface area contributed by atoms with Gasteiger partial charge in [0.05, 0.1) is 25.0 Å². The van der Waals surface area contributed by atoms with Crippen LogP contribution in [0.3, 0.4) is 0 Å². The van der Waals surface area contributed by atoms with Crippen molar-refractivity contribution in [2.24, 2.45) is 5.10 Å². The quantitative estimate of drug-likeness (QED) is 0.199. The van der Waals surface area contributed by atoms with E-state index in [0.717, 1.165) is 0 Å². The number of hydrogen-bond donors (Lipinski definition) is 2. The minimum atomic E-state index is -0.960. The van der Waals surface area contributed by atoms with Crippen molar-refractivity contribution in [3.05, 3.63) is 89.5 Å². The summed E-state index contributed by atoms with van der Waals surface area (Å²) >= 11 is 0. The molecular formula is C24H18N4O5. The molecule has 2 amide bonds. The zero-order chi connectivity index (χ0) is 23.6. The maximum Gasteiger partial charge on any atom is 0.347 e. The fourth-order valence-corrected chi connectivity index (χ4v) is 2.63. The summed E-state index contributed by atoms with van der Waals surface area (Å²) in [6.45, 7) is 0. The SMILES string of the molecule is COc1ccccc1C(=O)Oc1ccc(/C=N/NC(=O)C(=O)Nc2ccc(C#N)cc2)cc1. The van der Waals surface area contributed by atoms with E-state index in [1.165, 1.54) is 37.6 Å². The second-order valence-electron chi connectivity index (χ2n) is 6.50. The summed E-state index contributed by atoms with van der Waals surface area (Å²) in [7, 11) is 1.47. The molecule has 0 aromatic heterocycles. The lowest BCUT2D eigenvalue weighted by molar-refractivity contribution is -0.136. The number of methoxy groups -OCH3 is 1. The number of esters is 1. The summed E-state index contributed by atoms with van der Waals surface area (Å²) in [6.07, 6.45) is 1.33. The highest BCUT2D eigenvalue weighted by Crippen LogP contribution is 2.20. The molecule has 3 rings (SSSR count). The number of rotatable bonds is 6. The van der Waals surface area contributed by atoms with Gasteiger partial charge in [0.2, 0.25) is 0 Å². The van der Waals surface area contributed by atoms with Gasteiger partial charge in [0.15, 0.2) is 0 Å². The Labute approximate surface area is 189 Å². The molecule has 0 aliphatic rings. The maximum absolute atomic E-state index is 12.3. The number of carbonyl (C=O) groups is 3. The normalized spacial score (nSPS) is 10.2. The van der Waals surface area contributed by atoms with E-state index in [1.807, 2.05) is 6.07 Å². The molecule has 3 aromatic carbocycles. The lowest BCUT2D eigenvalue weighted by Crippen LogP contribution is -2.32. The molecule has 0 radical (unpaired) electrons. The van der Waals surface area contributed by atoms with Crippen LogP contribution in [0.4, 0.5) is 5.69 Å². The van der Waals surface area contributed by atoms with E-state index in [-0.39, 0.29) is 0 Å². The fourth-order valence-electron chi connectivity index (χ4n) is 2.63. The van der Waals surface area contributed by atoms with E-state index in [1.54, 1.807) is 48.5 Å². The van der Waals surface area contributed by atoms with Crippen molar-refractivity contribution in [1.29, 1.82) is 5.26 Å². The average Bonchev–Trinajstić information content (AvgIpc) is 2.85. The Morgan fingerprint density at radius 2 is 1.64 bits per heavy atom. The smallest absolute Gasteiger partial charge is 0.347 e. The number of nitrogens with zero attached hydrogens (tertiary/aromatic N) is 2. The monoisotopic (exact) mass is 442 g/mol. The van der Waals surface area contributed by atoms with E-state index in [0.29, 0.717) is 33.9 Å². The molecule has 2 N–H and O–H groups in total. The molecule has 0 bridgehead atoms. The third-order valence-electron chi connectivity index (χ3n) is 4.28. The van der Waals surface area contributed by atoms with Crippen molar-refractivity contribution >= 4 is 29.7 Å². The molecule has 0 aliphatic carbocycles. The standard InChI is InChI=1S/C24H18N4O5/c1-32-21-5-3-2-4-20(21)24(31)33-19-12-8-17(9-13-19)15-26-28-23(30)22(29)27-18-10-6-16(14-25)7-11-18/h2-13,15H,1H3,(H,27,29)(H,28,30)/b26-15+. The van der Waals surface area contributed by atoms with Crippen molar-refractivity contribution in [3.63, 3.8) is 0 Å². The van der Waals surface area contributed by atoms with Crippen molar-refractivity contribution < 1.29 is 23.9 Å². The molecule has 9 heteroatoms. The first-order valence-corrected chi connectivity index (χ1v) is 9.60. The third-order valence-corrected chi connectivity index (χ3v) is 4.28. The summed E-state index contributed by atoms with van der Waals surface area (Å²) in [6, 6.07) is 21.1. The van der Waals surface area contributed by atoms with Gasteiger partial charge >= 0.3 is 17.8 Å². The predicted molar refractivity (Wildman–Crippen MR) is 120 cm³/mol. The number of nitriles is 1. The number of nitrogens with one attached hydrogen (secondary N) is 2. The molecule has 0 saturated heterocycles. The highest BCUT2D eigenvalue weighted by Gasteiger charge is 2.14. The summed E-state index contributed by atoms with van der Waals surface area (Å²) < 4.78 is 10.5. The second-order valence-corrected chi connectivity index (χ2v) is 6.50. The fraction of sp³-hybridized carbons (Fsp3) is 0.0417. The van der Waals surface area contributed by atoms with Crippen LogP contribution >= 0.6 is 0 Å². The van der Waals surface area contributed by atoms with Crippen LogP contribution in [0.25, 0.3) is 0 Å². The van der Waals surface area contributed by atoms with Crippen LogP contribution in [0.15, 0.2) is 77.9 Å². The van der Waals surface area contributed by atoms with Gasteiger partial charge in [-0.2, -0.15) is 10.4 Å². The number of hydrogen-bond acceptors (Lipinski definition) is 7. The van der Waals surface area contributed by atoms with Gasteiger partial charge in [-0.1, -0.05) is 12.1 Å². The van der Waals surface area contributed by atoms with Gasteiger partial charge in [0.25, 0.3) is 0 Å². The van der Waals surface area contributed by atoms with Crippen molar-refractivity contribution in [2.75, 3.05) is 12.4 Å². The van der Waals surface area contributed by atoms with Gasteiger partial charge in [-0.05, 0) is 66.2 Å². The highest BCUT2D eigenvalue weighted by atomic mass is 16.5. The summed E-state index contributed by atoms with van der Waals surface area (Å²) in [5, 5.41) is 14.9. The minimum absolute atomic E-state index is 0.299. The van der Waals surface area contributed by atoms with Crippen LogP contribution in [-0.4, -0.2) is 31.1 Å². The van der Waals surface area contributed by atoms with Gasteiger partial charge in [0, 0.05) is 5.69 Å². The van der Waals surface area contributed by atoms with Crippen LogP contribution in [0.1, 0.15) is 21.5 Å². The number of benzene rings is 3. The first-order chi connectivity index (χ1) is 16.0. The van der Waals surface area contributed by atoms with Gasteiger partial charge < -0.3 is 14.8 Å². The Kier molecular flexibility index (Phi) is 7.49. The first kappa shape index (κ1) is 22.7. The van der Waals surface area contributed by atoms with Gasteiger partial charge in [-0.3, -0.25) is 9.59 Å². The van der Waals surface area contributed by atoms with E-state index in [9.17, 15) is 14.4 Å². The number of para-hydroxylation sites is 1. The molecule has 0 fully saturated rings. The van der Waals surface area contributed by atoms with Crippen molar-refractivity contribution in [3.8, 4) is 17.6 Å². The zero-order valence-corrected chi connectivity index (χ0v) is 17.4. The second kappa shape index (κ2) is 10.9. The summed E-state index contributed by atoms with van der Waals surface area (Å²) in [4.78, 5) is 36.1. The predicted octanol–water partition coefficient (Wildman–Crippen LogP) is 2.87. The molecule has 0 aliphatic heterocycles. The molecule has 3 aromatic rings. The number of carbonyl (C=O) groups excluding carboxylic acids is 3. The highest BCUT2D eigenvalue weighted by molar-refractivity contribution is 6.39. The Morgan fingerprint density at radius 3 is 2.30 bits per heavy atom. The molecule has 0 atom stereocenters. The van der Waals surface area contributed by atoms with Gasteiger partial charge in [-0.25, -0.2) is 10.2 Å². The van der Waals surface area contributed by atoms with Gasteiger partial charge in [-0.15, -0.1) is 0 Å². The Morgan fingerprint density at radius 1 is 0.939 bits per heavy atom. The van der Waals surface area contributed by atoms with Gasteiger partial charge in [0.1, 0.15) is 17.1 Å². The van der Waals surface area contributed by atoms with Crippen LogP contribution in [0.5, 0.6) is 11.5 Å². The molecule has 9 nitrogen and oxygen atoms in total. The molecule has 0 saturated carbocycles. The largest absolute Gasteiger partial charge is 0.496 e. The van der Waals surface area contributed by atoms with Crippen molar-refractivity contribution in [1.82, 2.24) is 5.43 Å². The Balaban J connectivity index is 1.52.